The maximum Gasteiger partial charge on any atom is 0.350 e. The molecule has 4 aromatic carbocycles. The van der Waals surface area contributed by atoms with Crippen LogP contribution in [0.5, 0.6) is 11.5 Å². The monoisotopic (exact) mass is 625 g/mol. The summed E-state index contributed by atoms with van der Waals surface area (Å²) in [6.07, 6.45) is 0.748. The van der Waals surface area contributed by atoms with Gasteiger partial charge in [0.25, 0.3) is 0 Å². The number of carboxylic acid groups (broad SMARTS) is 1. The smallest absolute Gasteiger partial charge is 0.350 e. The first-order chi connectivity index (χ1) is 22.8. The lowest BCUT2D eigenvalue weighted by Gasteiger charge is -2.34. The van der Waals surface area contributed by atoms with Gasteiger partial charge in [-0.15, -0.1) is 0 Å². The number of benzene rings is 4. The van der Waals surface area contributed by atoms with Gasteiger partial charge in [-0.05, 0) is 59.7 Å². The Morgan fingerprint density at radius 3 is 1.64 bits per heavy atom. The summed E-state index contributed by atoms with van der Waals surface area (Å²) in [4.78, 5) is 25.8. The Bertz CT molecular complexity index is 1880. The molecule has 0 radical (unpaired) electrons. The Morgan fingerprint density at radius 2 is 1.17 bits per heavy atom. The van der Waals surface area contributed by atoms with E-state index >= 15 is 0 Å². The van der Waals surface area contributed by atoms with Gasteiger partial charge in [0.05, 0.1) is 22.4 Å². The molecule has 8 nitrogen and oxygen atoms in total. The lowest BCUT2D eigenvalue weighted by atomic mass is 9.71. The molecule has 0 aliphatic rings. The number of nitrogens with zero attached hydrogens (tertiary/aromatic N) is 3. The molecule has 8 heteroatoms. The summed E-state index contributed by atoms with van der Waals surface area (Å²) in [5, 5.41) is 14.7. The highest BCUT2D eigenvalue weighted by Crippen LogP contribution is 2.42. The fourth-order valence-electron chi connectivity index (χ4n) is 5.67. The average molecular weight is 626 g/mol. The number of hydrogen-bond acceptors (Lipinski definition) is 7. The van der Waals surface area contributed by atoms with Gasteiger partial charge in [-0.25, -0.2) is 14.8 Å². The van der Waals surface area contributed by atoms with Crippen LogP contribution in [0.3, 0.4) is 0 Å². The fourth-order valence-corrected chi connectivity index (χ4v) is 5.67. The van der Waals surface area contributed by atoms with Gasteiger partial charge in [-0.3, -0.25) is 0 Å². The molecule has 47 heavy (non-hydrogen) atoms. The van der Waals surface area contributed by atoms with Crippen LogP contribution < -0.4 is 9.47 Å². The van der Waals surface area contributed by atoms with Gasteiger partial charge in [0.15, 0.2) is 6.21 Å². The van der Waals surface area contributed by atoms with Crippen LogP contribution in [0.2, 0.25) is 0 Å². The zero-order valence-electron chi connectivity index (χ0n) is 26.2. The minimum Gasteiger partial charge on any atom is -0.487 e. The van der Waals surface area contributed by atoms with Crippen LogP contribution in [0, 0.1) is 5.41 Å². The summed E-state index contributed by atoms with van der Waals surface area (Å²) in [7, 11) is 0. The molecule has 6 rings (SSSR count). The fraction of sp³-hybridized carbons (Fsp3) is 0.179. The zero-order chi connectivity index (χ0) is 32.6. The van der Waals surface area contributed by atoms with Gasteiger partial charge in [0.2, 0.25) is 0 Å². The standard InChI is InChI=1S/C39H35N3O5/c1-39(2,26-47-40-23-37(43)44)38(29-13-19-33(20-14-29)45-24-31-17-11-27-7-3-5-9-35(27)41-31)30-15-21-34(22-16-30)46-25-32-18-12-28-8-4-6-10-36(28)42-32/h3-23,38H,24-26H2,1-2H3,(H,43,44)/b40-23+. The van der Waals surface area contributed by atoms with Gasteiger partial charge < -0.3 is 19.4 Å². The first-order valence-corrected chi connectivity index (χ1v) is 15.4. The van der Waals surface area contributed by atoms with Gasteiger partial charge >= 0.3 is 5.97 Å². The number of hydrogen-bond donors (Lipinski definition) is 1. The number of carbonyl (C=O) groups is 1. The zero-order valence-corrected chi connectivity index (χ0v) is 26.2. The molecule has 0 aliphatic carbocycles. The van der Waals surface area contributed by atoms with E-state index in [0.717, 1.165) is 62.0 Å². The number of aliphatic carboxylic acids is 1. The van der Waals surface area contributed by atoms with Crippen molar-refractivity contribution >= 4 is 34.0 Å². The Hall–Kier alpha value is -5.76. The Labute approximate surface area is 273 Å². The lowest BCUT2D eigenvalue weighted by molar-refractivity contribution is -0.129. The highest BCUT2D eigenvalue weighted by Gasteiger charge is 2.33. The number of fused-ring (bicyclic) bond motifs is 2. The Kier molecular flexibility index (Phi) is 9.38. The second kappa shape index (κ2) is 14.1. The SMILES string of the molecule is CC(C)(CO/N=C/C(=O)O)C(c1ccc(OCc2ccc3ccccc3n2)cc1)c1ccc(OCc2ccc3ccccc3n2)cc1. The third kappa shape index (κ3) is 7.91. The molecular formula is C39H35N3O5. The van der Waals surface area contributed by atoms with E-state index in [0.29, 0.717) is 13.2 Å². The van der Waals surface area contributed by atoms with Gasteiger partial charge in [0, 0.05) is 22.1 Å². The van der Waals surface area contributed by atoms with Crippen LogP contribution in [-0.4, -0.2) is 33.9 Å². The minimum atomic E-state index is -1.16. The number of carboxylic acids is 1. The molecule has 0 unspecified atom stereocenters. The average Bonchev–Trinajstić information content (AvgIpc) is 3.09. The van der Waals surface area contributed by atoms with Crippen molar-refractivity contribution in [3.63, 3.8) is 0 Å². The van der Waals surface area contributed by atoms with E-state index in [2.05, 4.69) is 31.1 Å². The molecule has 0 fully saturated rings. The molecule has 0 amide bonds. The Morgan fingerprint density at radius 1 is 0.702 bits per heavy atom. The summed E-state index contributed by atoms with van der Waals surface area (Å²) < 4.78 is 12.2. The largest absolute Gasteiger partial charge is 0.487 e. The molecule has 0 aliphatic heterocycles. The van der Waals surface area contributed by atoms with E-state index in [-0.39, 0.29) is 12.5 Å². The molecule has 236 valence electrons. The van der Waals surface area contributed by atoms with Crippen molar-refractivity contribution in [2.75, 3.05) is 6.61 Å². The molecule has 6 aromatic rings. The van der Waals surface area contributed by atoms with Crippen LogP contribution in [0.4, 0.5) is 0 Å². The van der Waals surface area contributed by atoms with Crippen LogP contribution in [-0.2, 0) is 22.8 Å². The van der Waals surface area contributed by atoms with Crippen LogP contribution in [0.15, 0.2) is 126 Å². The maximum atomic E-state index is 10.9. The predicted molar refractivity (Wildman–Crippen MR) is 183 cm³/mol. The highest BCUT2D eigenvalue weighted by atomic mass is 16.6. The number of oxime groups is 1. The first-order valence-electron chi connectivity index (χ1n) is 15.4. The third-order valence-corrected chi connectivity index (χ3v) is 7.97. The second-order valence-corrected chi connectivity index (χ2v) is 12.0. The van der Waals surface area contributed by atoms with Crippen LogP contribution >= 0.6 is 0 Å². The van der Waals surface area contributed by atoms with Crippen molar-refractivity contribution in [2.24, 2.45) is 10.6 Å². The van der Waals surface area contributed by atoms with Crippen LogP contribution in [0.1, 0.15) is 42.3 Å². The van der Waals surface area contributed by atoms with Crippen molar-refractivity contribution in [3.05, 3.63) is 144 Å². The quantitative estimate of drug-likeness (QED) is 0.102. The number of ether oxygens (including phenoxy) is 2. The van der Waals surface area contributed by atoms with Crippen LogP contribution in [0.25, 0.3) is 21.8 Å². The number of pyridine rings is 2. The van der Waals surface area contributed by atoms with Crippen molar-refractivity contribution in [1.29, 1.82) is 0 Å². The second-order valence-electron chi connectivity index (χ2n) is 12.0. The van der Waals surface area contributed by atoms with Gasteiger partial charge in [0.1, 0.15) is 31.3 Å². The van der Waals surface area contributed by atoms with E-state index < -0.39 is 11.4 Å². The number of aromatic nitrogens is 2. The van der Waals surface area contributed by atoms with E-state index in [1.807, 2.05) is 109 Å². The molecule has 0 saturated carbocycles. The van der Waals surface area contributed by atoms with Gasteiger partial charge in [-0.1, -0.05) is 91.8 Å². The number of rotatable bonds is 13. The molecule has 0 saturated heterocycles. The minimum absolute atomic E-state index is 0.116. The van der Waals surface area contributed by atoms with E-state index in [1.54, 1.807) is 0 Å². The predicted octanol–water partition coefficient (Wildman–Crippen LogP) is 8.19. The summed E-state index contributed by atoms with van der Waals surface area (Å²) in [5.41, 5.74) is 5.20. The van der Waals surface area contributed by atoms with Gasteiger partial charge in [-0.2, -0.15) is 0 Å². The molecule has 1 N–H and O–H groups in total. The lowest BCUT2D eigenvalue weighted by Crippen LogP contribution is -2.28. The third-order valence-electron chi connectivity index (χ3n) is 7.97. The van der Waals surface area contributed by atoms with E-state index in [4.69, 9.17) is 29.4 Å². The first kappa shape index (κ1) is 31.2. The summed E-state index contributed by atoms with van der Waals surface area (Å²) in [6.45, 7) is 5.04. The maximum absolute atomic E-state index is 10.9. The Balaban J connectivity index is 1.18. The highest BCUT2D eigenvalue weighted by molar-refractivity contribution is 6.21. The molecule has 0 spiro atoms. The molecule has 0 atom stereocenters. The summed E-state index contributed by atoms with van der Waals surface area (Å²) >= 11 is 0. The van der Waals surface area contributed by atoms with E-state index in [9.17, 15) is 4.79 Å². The summed E-state index contributed by atoms with van der Waals surface area (Å²) in [5.74, 6) is 0.181. The molecular weight excluding hydrogens is 590 g/mol. The van der Waals surface area contributed by atoms with Crippen molar-refractivity contribution in [2.45, 2.75) is 33.0 Å². The molecule has 2 heterocycles. The van der Waals surface area contributed by atoms with Crippen molar-refractivity contribution < 1.29 is 24.2 Å². The van der Waals surface area contributed by atoms with E-state index in [1.165, 1.54) is 0 Å². The molecule has 2 aromatic heterocycles. The van der Waals surface area contributed by atoms with Crippen molar-refractivity contribution in [3.8, 4) is 11.5 Å². The molecule has 0 bridgehead atoms. The summed E-state index contributed by atoms with van der Waals surface area (Å²) in [6, 6.07) is 40.1. The van der Waals surface area contributed by atoms with Crippen molar-refractivity contribution in [1.82, 2.24) is 9.97 Å². The number of para-hydroxylation sites is 2. The topological polar surface area (TPSA) is 103 Å². The normalized spacial score (nSPS) is 11.7.